The van der Waals surface area contributed by atoms with Crippen molar-refractivity contribution in [1.29, 1.82) is 0 Å². The van der Waals surface area contributed by atoms with Gasteiger partial charge in [-0.25, -0.2) is 22.5 Å². The third-order valence-corrected chi connectivity index (χ3v) is 3.39. The third kappa shape index (κ3) is 2.39. The van der Waals surface area contributed by atoms with E-state index in [0.29, 0.717) is 5.82 Å². The number of hydrogen-bond donors (Lipinski definition) is 0. The van der Waals surface area contributed by atoms with Gasteiger partial charge in [-0.15, -0.1) is 0 Å². The van der Waals surface area contributed by atoms with E-state index in [4.69, 9.17) is 0 Å². The molecule has 0 bridgehead atoms. The first kappa shape index (κ1) is 13.1. The lowest BCUT2D eigenvalue weighted by atomic mass is 10.1. The highest BCUT2D eigenvalue weighted by atomic mass is 19.3. The minimum absolute atomic E-state index is 0.164. The van der Waals surface area contributed by atoms with E-state index in [1.807, 2.05) is 0 Å². The predicted molar refractivity (Wildman–Crippen MR) is 65.8 cm³/mol. The van der Waals surface area contributed by atoms with Crippen LogP contribution in [0.25, 0.3) is 11.0 Å². The second-order valence-electron chi connectivity index (χ2n) is 4.83. The van der Waals surface area contributed by atoms with E-state index in [9.17, 15) is 17.6 Å². The number of anilines is 1. The predicted octanol–water partition coefficient (Wildman–Crippen LogP) is 3.14. The van der Waals surface area contributed by atoms with E-state index in [1.54, 1.807) is 4.90 Å². The smallest absolute Gasteiger partial charge is 0.251 e. The molecular weight excluding hydrogens is 274 g/mol. The number of fused-ring (bicyclic) bond motifs is 1. The largest absolute Gasteiger partial charge is 0.355 e. The number of benzene rings is 1. The zero-order valence-corrected chi connectivity index (χ0v) is 10.4. The molecule has 3 rings (SSSR count). The summed E-state index contributed by atoms with van der Waals surface area (Å²) in [4.78, 5) is 9.83. The lowest BCUT2D eigenvalue weighted by molar-refractivity contribution is -0.0221. The molecule has 2 aromatic rings. The van der Waals surface area contributed by atoms with Gasteiger partial charge in [-0.3, -0.25) is 4.98 Å². The van der Waals surface area contributed by atoms with Gasteiger partial charge in [-0.1, -0.05) is 0 Å². The van der Waals surface area contributed by atoms with Crippen LogP contribution in [-0.4, -0.2) is 29.0 Å². The van der Waals surface area contributed by atoms with E-state index in [0.717, 1.165) is 12.1 Å². The van der Waals surface area contributed by atoms with Crippen LogP contribution in [0.2, 0.25) is 0 Å². The van der Waals surface area contributed by atoms with Gasteiger partial charge >= 0.3 is 0 Å². The molecule has 0 saturated carbocycles. The van der Waals surface area contributed by atoms with Crippen molar-refractivity contribution < 1.29 is 17.6 Å². The van der Waals surface area contributed by atoms with E-state index in [1.165, 1.54) is 6.20 Å². The Kier molecular flexibility index (Phi) is 2.99. The van der Waals surface area contributed by atoms with Crippen LogP contribution in [0, 0.1) is 11.6 Å². The zero-order valence-electron chi connectivity index (χ0n) is 10.4. The summed E-state index contributed by atoms with van der Waals surface area (Å²) in [6.07, 6.45) is 0.901. The van der Waals surface area contributed by atoms with Gasteiger partial charge in [0, 0.05) is 38.1 Å². The Hall–Kier alpha value is -1.92. The molecule has 0 atom stereocenters. The normalized spacial score (nSPS) is 18.5. The summed E-state index contributed by atoms with van der Waals surface area (Å²) >= 11 is 0. The van der Waals surface area contributed by atoms with Crippen LogP contribution >= 0.6 is 0 Å². The molecule has 0 spiro atoms. The molecule has 20 heavy (non-hydrogen) atoms. The Morgan fingerprint density at radius 3 is 2.25 bits per heavy atom. The van der Waals surface area contributed by atoms with E-state index < -0.39 is 17.6 Å². The average molecular weight is 285 g/mol. The minimum atomic E-state index is -2.64. The van der Waals surface area contributed by atoms with Crippen molar-refractivity contribution in [2.75, 3.05) is 18.0 Å². The first-order valence-corrected chi connectivity index (χ1v) is 6.19. The van der Waals surface area contributed by atoms with Crippen molar-refractivity contribution >= 4 is 16.9 Å². The van der Waals surface area contributed by atoms with Crippen LogP contribution in [0.5, 0.6) is 0 Å². The zero-order chi connectivity index (χ0) is 14.3. The Bertz CT molecular complexity index is 649. The van der Waals surface area contributed by atoms with Crippen molar-refractivity contribution in [1.82, 2.24) is 9.97 Å². The molecular formula is C13H11F4N3. The van der Waals surface area contributed by atoms with Crippen molar-refractivity contribution in [2.45, 2.75) is 18.8 Å². The Balaban J connectivity index is 1.91. The number of piperidine rings is 1. The fraction of sp³-hybridized carbons (Fsp3) is 0.385. The van der Waals surface area contributed by atoms with E-state index >= 15 is 0 Å². The summed E-state index contributed by atoms with van der Waals surface area (Å²) in [5.41, 5.74) is 0.439. The van der Waals surface area contributed by atoms with Gasteiger partial charge < -0.3 is 4.90 Å². The van der Waals surface area contributed by atoms with Crippen LogP contribution in [0.1, 0.15) is 12.8 Å². The van der Waals surface area contributed by atoms with Crippen LogP contribution < -0.4 is 4.90 Å². The van der Waals surface area contributed by atoms with Crippen LogP contribution in [0.3, 0.4) is 0 Å². The van der Waals surface area contributed by atoms with Crippen molar-refractivity contribution in [3.05, 3.63) is 30.0 Å². The highest BCUT2D eigenvalue weighted by Gasteiger charge is 2.34. The second-order valence-corrected chi connectivity index (χ2v) is 4.83. The van der Waals surface area contributed by atoms with Gasteiger partial charge in [0.05, 0.1) is 17.2 Å². The molecule has 0 radical (unpaired) electrons. The topological polar surface area (TPSA) is 29.0 Å². The van der Waals surface area contributed by atoms with Crippen LogP contribution in [0.15, 0.2) is 18.3 Å². The minimum Gasteiger partial charge on any atom is -0.355 e. The van der Waals surface area contributed by atoms with Crippen LogP contribution in [-0.2, 0) is 0 Å². The molecule has 1 aromatic carbocycles. The number of rotatable bonds is 1. The fourth-order valence-electron chi connectivity index (χ4n) is 2.21. The molecule has 1 saturated heterocycles. The molecule has 1 aliphatic heterocycles. The molecule has 1 fully saturated rings. The number of alkyl halides is 2. The molecule has 0 aliphatic carbocycles. The SMILES string of the molecule is Fc1cc2ncc(N3CCC(F)(F)CC3)nc2cc1F. The molecule has 0 N–H and O–H groups in total. The number of aromatic nitrogens is 2. The molecule has 7 heteroatoms. The van der Waals surface area contributed by atoms with E-state index in [-0.39, 0.29) is 37.0 Å². The summed E-state index contributed by atoms with van der Waals surface area (Å²) in [6.45, 7) is 0.327. The Labute approximate surface area is 112 Å². The summed E-state index contributed by atoms with van der Waals surface area (Å²) in [7, 11) is 0. The van der Waals surface area contributed by atoms with Crippen molar-refractivity contribution in [3.63, 3.8) is 0 Å². The maximum absolute atomic E-state index is 13.2. The molecule has 0 unspecified atom stereocenters. The lowest BCUT2D eigenvalue weighted by Crippen LogP contribution is -2.39. The van der Waals surface area contributed by atoms with Gasteiger partial charge in [0.25, 0.3) is 5.92 Å². The van der Waals surface area contributed by atoms with Crippen molar-refractivity contribution in [3.8, 4) is 0 Å². The Morgan fingerprint density at radius 2 is 1.60 bits per heavy atom. The highest BCUT2D eigenvalue weighted by Crippen LogP contribution is 2.30. The third-order valence-electron chi connectivity index (χ3n) is 3.39. The number of hydrogen-bond acceptors (Lipinski definition) is 3. The maximum atomic E-state index is 13.2. The molecule has 1 aliphatic rings. The molecule has 1 aromatic heterocycles. The molecule has 2 heterocycles. The monoisotopic (exact) mass is 285 g/mol. The Morgan fingerprint density at radius 1 is 1.00 bits per heavy atom. The van der Waals surface area contributed by atoms with Gasteiger partial charge in [0.1, 0.15) is 5.82 Å². The molecule has 3 nitrogen and oxygen atoms in total. The molecule has 0 amide bonds. The lowest BCUT2D eigenvalue weighted by Gasteiger charge is -2.32. The summed E-state index contributed by atoms with van der Waals surface area (Å²) < 4.78 is 52.4. The average Bonchev–Trinajstić information content (AvgIpc) is 2.40. The van der Waals surface area contributed by atoms with Gasteiger partial charge in [0.2, 0.25) is 0 Å². The number of nitrogens with zero attached hydrogens (tertiary/aromatic N) is 3. The summed E-state index contributed by atoms with van der Waals surface area (Å²) in [6, 6.07) is 1.92. The summed E-state index contributed by atoms with van der Waals surface area (Å²) in [5.74, 6) is -4.24. The first-order chi connectivity index (χ1) is 9.44. The summed E-state index contributed by atoms with van der Waals surface area (Å²) in [5, 5.41) is 0. The standard InChI is InChI=1S/C13H11F4N3/c14-8-5-10-11(6-9(8)15)19-12(7-18-10)20-3-1-13(16,17)2-4-20/h5-7H,1-4H2. The second kappa shape index (κ2) is 4.57. The van der Waals surface area contributed by atoms with E-state index in [2.05, 4.69) is 9.97 Å². The van der Waals surface area contributed by atoms with Gasteiger partial charge in [-0.2, -0.15) is 0 Å². The van der Waals surface area contributed by atoms with Gasteiger partial charge in [0.15, 0.2) is 11.6 Å². The van der Waals surface area contributed by atoms with Gasteiger partial charge in [-0.05, 0) is 0 Å². The maximum Gasteiger partial charge on any atom is 0.251 e. The quantitative estimate of drug-likeness (QED) is 0.754. The van der Waals surface area contributed by atoms with Crippen LogP contribution in [0.4, 0.5) is 23.4 Å². The first-order valence-electron chi connectivity index (χ1n) is 6.19. The number of halogens is 4. The van der Waals surface area contributed by atoms with Crippen molar-refractivity contribution in [2.24, 2.45) is 0 Å². The highest BCUT2D eigenvalue weighted by molar-refractivity contribution is 5.75. The molecule has 106 valence electrons. The fourth-order valence-corrected chi connectivity index (χ4v) is 2.21.